The summed E-state index contributed by atoms with van der Waals surface area (Å²) >= 11 is 0. The average Bonchev–Trinajstić information content (AvgIpc) is 2.98. The molecule has 0 unspecified atom stereocenters. The molecule has 0 saturated carbocycles. The molecule has 0 spiro atoms. The Labute approximate surface area is 238 Å². The zero-order valence-corrected chi connectivity index (χ0v) is 22.7. The van der Waals surface area contributed by atoms with Gasteiger partial charge in [0.2, 0.25) is 0 Å². The van der Waals surface area contributed by atoms with Gasteiger partial charge in [-0.15, -0.1) is 0 Å². The van der Waals surface area contributed by atoms with Crippen LogP contribution in [0.1, 0.15) is 36.1 Å². The molecule has 4 rings (SSSR count). The van der Waals surface area contributed by atoms with Gasteiger partial charge in [-0.05, 0) is 35.4 Å². The molecule has 0 aliphatic carbocycles. The second kappa shape index (κ2) is 13.0. The third-order valence-corrected chi connectivity index (χ3v) is 7.72. The van der Waals surface area contributed by atoms with Gasteiger partial charge in [-0.25, -0.2) is 0 Å². The highest BCUT2D eigenvalue weighted by Gasteiger charge is 2.43. The highest BCUT2D eigenvalue weighted by molar-refractivity contribution is 5.45. The second-order valence-corrected chi connectivity index (χ2v) is 10.8. The Morgan fingerprint density at radius 3 is 1.22 bits per heavy atom. The first kappa shape index (κ1) is 31.1. The van der Waals surface area contributed by atoms with E-state index in [1.807, 2.05) is 48.5 Å². The number of ether oxygens (including phenoxy) is 2. The SMILES string of the molecule is CC(C)(c1ccc(C#C[C@H]2O[C@H](CO)[C@@H](O)[C@H](O)[C@@H]2O)cc1)c1ccc(C#C[C@H]2O[C@H](CO)[C@@H](O)[C@H](O)[C@@H]2O)cc1. The smallest absolute Gasteiger partial charge is 0.147 e. The number of benzene rings is 2. The van der Waals surface area contributed by atoms with Crippen molar-refractivity contribution in [1.82, 2.24) is 0 Å². The predicted octanol–water partition coefficient (Wildman–Crippen LogP) is -1.60. The molecule has 2 aromatic carbocycles. The summed E-state index contributed by atoms with van der Waals surface area (Å²) in [6.45, 7) is 3.10. The molecule has 0 radical (unpaired) electrons. The van der Waals surface area contributed by atoms with Crippen molar-refractivity contribution in [3.8, 4) is 23.7 Å². The van der Waals surface area contributed by atoms with E-state index < -0.39 is 74.3 Å². The summed E-state index contributed by atoms with van der Waals surface area (Å²) in [5, 5.41) is 78.7. The minimum absolute atomic E-state index is 0.382. The van der Waals surface area contributed by atoms with Gasteiger partial charge < -0.3 is 50.3 Å². The van der Waals surface area contributed by atoms with Gasteiger partial charge >= 0.3 is 0 Å². The van der Waals surface area contributed by atoms with Crippen LogP contribution in [0, 0.1) is 23.7 Å². The summed E-state index contributed by atoms with van der Waals surface area (Å²) in [6.07, 6.45) is -12.8. The van der Waals surface area contributed by atoms with Crippen LogP contribution in [0.15, 0.2) is 48.5 Å². The van der Waals surface area contributed by atoms with Gasteiger partial charge in [0, 0.05) is 16.5 Å². The number of aliphatic hydroxyl groups excluding tert-OH is 8. The van der Waals surface area contributed by atoms with Crippen molar-refractivity contribution < 1.29 is 50.3 Å². The first-order chi connectivity index (χ1) is 19.5. The number of hydrogen-bond donors (Lipinski definition) is 8. The summed E-state index contributed by atoms with van der Waals surface area (Å²) in [4.78, 5) is 0. The van der Waals surface area contributed by atoms with Crippen LogP contribution in [0.2, 0.25) is 0 Å². The third kappa shape index (κ3) is 6.64. The molecular weight excluding hydrogens is 532 g/mol. The molecule has 0 amide bonds. The highest BCUT2D eigenvalue weighted by atomic mass is 16.5. The monoisotopic (exact) mass is 568 g/mol. The summed E-state index contributed by atoms with van der Waals surface area (Å²) in [5.41, 5.74) is 2.94. The molecule has 10 heteroatoms. The van der Waals surface area contributed by atoms with E-state index >= 15 is 0 Å². The van der Waals surface area contributed by atoms with Crippen molar-refractivity contribution in [2.75, 3.05) is 13.2 Å². The average molecular weight is 569 g/mol. The van der Waals surface area contributed by atoms with Crippen molar-refractivity contribution >= 4 is 0 Å². The predicted molar refractivity (Wildman–Crippen MR) is 146 cm³/mol. The molecule has 2 fully saturated rings. The molecule has 0 bridgehead atoms. The Balaban J connectivity index is 1.44. The fourth-order valence-corrected chi connectivity index (χ4v) is 4.86. The van der Waals surface area contributed by atoms with E-state index in [1.54, 1.807) is 0 Å². The maximum Gasteiger partial charge on any atom is 0.147 e. The van der Waals surface area contributed by atoms with Crippen molar-refractivity contribution in [1.29, 1.82) is 0 Å². The lowest BCUT2D eigenvalue weighted by Crippen LogP contribution is -2.58. The fraction of sp³-hybridized carbons (Fsp3) is 0.484. The molecule has 0 aromatic heterocycles. The number of hydrogen-bond acceptors (Lipinski definition) is 10. The molecule has 2 aliphatic rings. The highest BCUT2D eigenvalue weighted by Crippen LogP contribution is 2.32. The topological polar surface area (TPSA) is 180 Å². The van der Waals surface area contributed by atoms with Gasteiger partial charge in [-0.2, -0.15) is 0 Å². The van der Waals surface area contributed by atoms with Crippen molar-refractivity contribution in [2.24, 2.45) is 0 Å². The minimum Gasteiger partial charge on any atom is -0.394 e. The van der Waals surface area contributed by atoms with Crippen LogP contribution < -0.4 is 0 Å². The van der Waals surface area contributed by atoms with Gasteiger partial charge in [-0.3, -0.25) is 0 Å². The fourth-order valence-electron chi connectivity index (χ4n) is 4.86. The first-order valence-corrected chi connectivity index (χ1v) is 13.3. The number of rotatable bonds is 4. The standard InChI is InChI=1S/C31H36O10/c1-31(2,19-9-3-17(4-10-19)7-13-21-25(34)29(38)27(36)23(15-32)40-21)20-11-5-18(6-12-20)8-14-22-26(35)30(39)28(37)24(16-33)41-22/h3-6,9-12,21-30,32-39H,15-16H2,1-2H3/t21-,22-,23-,24-,25-,26-,27-,28-,29-,30-/m1/s1. The Bertz CT molecular complexity index is 1180. The Morgan fingerprint density at radius 1 is 0.561 bits per heavy atom. The van der Waals surface area contributed by atoms with Crippen LogP contribution in [-0.4, -0.2) is 115 Å². The van der Waals surface area contributed by atoms with E-state index in [0.717, 1.165) is 11.1 Å². The van der Waals surface area contributed by atoms with Crippen LogP contribution >= 0.6 is 0 Å². The van der Waals surface area contributed by atoms with E-state index in [4.69, 9.17) is 9.47 Å². The zero-order valence-electron chi connectivity index (χ0n) is 22.7. The van der Waals surface area contributed by atoms with Gasteiger partial charge in [0.15, 0.2) is 0 Å². The summed E-state index contributed by atoms with van der Waals surface area (Å²) in [6, 6.07) is 15.0. The van der Waals surface area contributed by atoms with Crippen molar-refractivity contribution in [2.45, 2.75) is 80.3 Å². The minimum atomic E-state index is -1.48. The molecule has 220 valence electrons. The summed E-state index contributed by atoms with van der Waals surface area (Å²) in [7, 11) is 0. The molecular formula is C31H36O10. The van der Waals surface area contributed by atoms with E-state index in [1.165, 1.54) is 0 Å². The first-order valence-electron chi connectivity index (χ1n) is 13.3. The molecule has 41 heavy (non-hydrogen) atoms. The van der Waals surface area contributed by atoms with E-state index in [0.29, 0.717) is 11.1 Å². The van der Waals surface area contributed by atoms with Crippen LogP contribution in [0.5, 0.6) is 0 Å². The molecule has 10 atom stereocenters. The summed E-state index contributed by atoms with van der Waals surface area (Å²) < 4.78 is 10.9. The Morgan fingerprint density at radius 2 is 0.902 bits per heavy atom. The lowest BCUT2D eigenvalue weighted by atomic mass is 9.78. The van der Waals surface area contributed by atoms with Crippen molar-refractivity contribution in [3.05, 3.63) is 70.8 Å². The normalized spacial score (nSPS) is 33.7. The van der Waals surface area contributed by atoms with Gasteiger partial charge in [0.05, 0.1) is 13.2 Å². The molecule has 2 heterocycles. The summed E-state index contributed by atoms with van der Waals surface area (Å²) in [5.74, 6) is 11.4. The van der Waals surface area contributed by atoms with E-state index in [9.17, 15) is 40.9 Å². The van der Waals surface area contributed by atoms with E-state index in [-0.39, 0.29) is 5.41 Å². The van der Waals surface area contributed by atoms with Crippen molar-refractivity contribution in [3.63, 3.8) is 0 Å². The molecule has 2 saturated heterocycles. The maximum atomic E-state index is 10.2. The Kier molecular flexibility index (Phi) is 9.85. The molecule has 8 N–H and O–H groups in total. The lowest BCUT2D eigenvalue weighted by molar-refractivity contribution is -0.214. The quantitative estimate of drug-likeness (QED) is 0.200. The van der Waals surface area contributed by atoms with Crippen LogP contribution in [0.3, 0.4) is 0 Å². The second-order valence-electron chi connectivity index (χ2n) is 10.8. The molecule has 10 nitrogen and oxygen atoms in total. The maximum absolute atomic E-state index is 10.2. The van der Waals surface area contributed by atoms with Crippen LogP contribution in [-0.2, 0) is 14.9 Å². The van der Waals surface area contributed by atoms with Gasteiger partial charge in [0.1, 0.15) is 61.0 Å². The molecule has 2 aromatic rings. The Hall–Kier alpha value is -2.84. The lowest BCUT2D eigenvalue weighted by Gasteiger charge is -2.37. The van der Waals surface area contributed by atoms with Gasteiger partial charge in [-0.1, -0.05) is 61.8 Å². The van der Waals surface area contributed by atoms with Crippen LogP contribution in [0.4, 0.5) is 0 Å². The zero-order chi connectivity index (χ0) is 29.9. The third-order valence-electron chi connectivity index (χ3n) is 7.72. The van der Waals surface area contributed by atoms with E-state index in [2.05, 4.69) is 37.5 Å². The van der Waals surface area contributed by atoms with Crippen LogP contribution in [0.25, 0.3) is 0 Å². The number of aliphatic hydroxyl groups is 8. The largest absolute Gasteiger partial charge is 0.394 e. The molecule has 2 aliphatic heterocycles. The van der Waals surface area contributed by atoms with Gasteiger partial charge in [0.25, 0.3) is 0 Å².